The molecule has 0 spiro atoms. The summed E-state index contributed by atoms with van der Waals surface area (Å²) in [5.41, 5.74) is 6.69. The topological polar surface area (TPSA) is 46.3 Å². The van der Waals surface area contributed by atoms with Gasteiger partial charge < -0.3 is 10.6 Å². The Morgan fingerprint density at radius 3 is 2.53 bits per heavy atom. The molecule has 0 radical (unpaired) electrons. The van der Waals surface area contributed by atoms with E-state index in [0.29, 0.717) is 13.1 Å². The lowest BCUT2D eigenvalue weighted by atomic mass is 10.2. The van der Waals surface area contributed by atoms with E-state index in [1.165, 1.54) is 0 Å². The molecule has 0 bridgehead atoms. The highest BCUT2D eigenvalue weighted by molar-refractivity contribution is 5.85. The second-order valence-corrected chi connectivity index (χ2v) is 3.78. The number of carbonyl (C=O) groups is 1. The summed E-state index contributed by atoms with van der Waals surface area (Å²) in [6.07, 6.45) is 1.71. The Bertz CT molecular complexity index is 352. The fourth-order valence-corrected chi connectivity index (χ4v) is 1.48. The number of amides is 1. The van der Waals surface area contributed by atoms with Crippen molar-refractivity contribution in [2.45, 2.75) is 19.5 Å². The average molecular weight is 255 g/mol. The minimum Gasteiger partial charge on any atom is -0.333 e. The van der Waals surface area contributed by atoms with E-state index in [4.69, 9.17) is 5.73 Å². The molecule has 0 heterocycles. The number of benzene rings is 1. The summed E-state index contributed by atoms with van der Waals surface area (Å²) in [6, 6.07) is 9.38. The number of rotatable bonds is 5. The maximum Gasteiger partial charge on any atom is 0.239 e. The Balaban J connectivity index is 0.00000256. The van der Waals surface area contributed by atoms with Gasteiger partial charge in [-0.3, -0.25) is 4.79 Å². The first-order valence-corrected chi connectivity index (χ1v) is 5.34. The number of hydrogen-bond donors (Lipinski definition) is 1. The Hall–Kier alpha value is -1.32. The number of nitrogens with two attached hydrogens (primary N) is 1. The monoisotopic (exact) mass is 254 g/mol. The van der Waals surface area contributed by atoms with Crippen molar-refractivity contribution in [3.05, 3.63) is 48.6 Å². The predicted octanol–water partition coefficient (Wildman–Crippen LogP) is 1.97. The van der Waals surface area contributed by atoms with Gasteiger partial charge in [-0.05, 0) is 12.5 Å². The highest BCUT2D eigenvalue weighted by atomic mass is 35.5. The van der Waals surface area contributed by atoms with Gasteiger partial charge in [-0.2, -0.15) is 0 Å². The number of nitrogens with zero attached hydrogens (tertiary/aromatic N) is 1. The van der Waals surface area contributed by atoms with E-state index >= 15 is 0 Å². The molecule has 1 aromatic rings. The lowest BCUT2D eigenvalue weighted by Gasteiger charge is -2.23. The predicted molar refractivity (Wildman–Crippen MR) is 73.0 cm³/mol. The maximum absolute atomic E-state index is 11.8. The van der Waals surface area contributed by atoms with Crippen LogP contribution in [0.3, 0.4) is 0 Å². The van der Waals surface area contributed by atoms with E-state index in [2.05, 4.69) is 6.58 Å². The number of halogens is 1. The van der Waals surface area contributed by atoms with Crippen LogP contribution >= 0.6 is 12.4 Å². The smallest absolute Gasteiger partial charge is 0.239 e. The summed E-state index contributed by atoms with van der Waals surface area (Å²) >= 11 is 0. The SMILES string of the molecule is C=CCN(Cc1ccccc1)C(=O)[C@@H](C)N.Cl. The Labute approximate surface area is 109 Å². The van der Waals surface area contributed by atoms with Crippen molar-refractivity contribution in [1.29, 1.82) is 0 Å². The third-order valence-electron chi connectivity index (χ3n) is 2.27. The molecule has 3 nitrogen and oxygen atoms in total. The number of hydrogen-bond acceptors (Lipinski definition) is 2. The van der Waals surface area contributed by atoms with Crippen molar-refractivity contribution in [3.63, 3.8) is 0 Å². The fourth-order valence-electron chi connectivity index (χ4n) is 1.48. The molecule has 0 unspecified atom stereocenters. The highest BCUT2D eigenvalue weighted by Crippen LogP contribution is 2.05. The molecular formula is C13H19ClN2O. The molecule has 1 rings (SSSR count). The fraction of sp³-hybridized carbons (Fsp3) is 0.308. The molecule has 94 valence electrons. The van der Waals surface area contributed by atoms with Crippen molar-refractivity contribution in [1.82, 2.24) is 4.90 Å². The third kappa shape index (κ3) is 5.02. The molecule has 17 heavy (non-hydrogen) atoms. The van der Waals surface area contributed by atoms with Gasteiger partial charge in [0.25, 0.3) is 0 Å². The van der Waals surface area contributed by atoms with Crippen LogP contribution in [0.1, 0.15) is 12.5 Å². The zero-order chi connectivity index (χ0) is 12.0. The summed E-state index contributed by atoms with van der Waals surface area (Å²) < 4.78 is 0. The Morgan fingerprint density at radius 2 is 2.06 bits per heavy atom. The van der Waals surface area contributed by atoms with Crippen molar-refractivity contribution in [3.8, 4) is 0 Å². The van der Waals surface area contributed by atoms with E-state index in [1.54, 1.807) is 17.9 Å². The molecule has 0 fully saturated rings. The minimum atomic E-state index is -0.469. The van der Waals surface area contributed by atoms with Gasteiger partial charge >= 0.3 is 0 Å². The van der Waals surface area contributed by atoms with E-state index in [0.717, 1.165) is 5.56 Å². The van der Waals surface area contributed by atoms with Gasteiger partial charge in [0.15, 0.2) is 0 Å². The molecular weight excluding hydrogens is 236 g/mol. The first kappa shape index (κ1) is 15.7. The van der Waals surface area contributed by atoms with Crippen LogP contribution in [0.25, 0.3) is 0 Å². The van der Waals surface area contributed by atoms with Crippen molar-refractivity contribution < 1.29 is 4.79 Å². The summed E-state index contributed by atoms with van der Waals surface area (Å²) in [7, 11) is 0. The second kappa shape index (κ2) is 7.87. The van der Waals surface area contributed by atoms with E-state index in [9.17, 15) is 4.79 Å². The van der Waals surface area contributed by atoms with Gasteiger partial charge in [-0.1, -0.05) is 36.4 Å². The zero-order valence-corrected chi connectivity index (χ0v) is 10.8. The molecule has 0 aliphatic carbocycles. The van der Waals surface area contributed by atoms with Crippen LogP contribution in [-0.4, -0.2) is 23.4 Å². The van der Waals surface area contributed by atoms with Crippen molar-refractivity contribution >= 4 is 18.3 Å². The summed E-state index contributed by atoms with van der Waals surface area (Å²) in [5.74, 6) is -0.0521. The standard InChI is InChI=1S/C13H18N2O.ClH/c1-3-9-15(13(16)11(2)14)10-12-7-5-4-6-8-12;/h3-8,11H,1,9-10,14H2,2H3;1H/t11-;/m1./s1. The van der Waals surface area contributed by atoms with Crippen LogP contribution in [0.4, 0.5) is 0 Å². The maximum atomic E-state index is 11.8. The van der Waals surface area contributed by atoms with Crippen LogP contribution in [0.2, 0.25) is 0 Å². The van der Waals surface area contributed by atoms with Gasteiger partial charge in [0.2, 0.25) is 5.91 Å². The van der Waals surface area contributed by atoms with Crippen LogP contribution in [0.15, 0.2) is 43.0 Å². The molecule has 4 heteroatoms. The molecule has 0 saturated carbocycles. The molecule has 2 N–H and O–H groups in total. The highest BCUT2D eigenvalue weighted by Gasteiger charge is 2.16. The minimum absolute atomic E-state index is 0. The molecule has 0 aromatic heterocycles. The van der Waals surface area contributed by atoms with Gasteiger partial charge in [0.1, 0.15) is 0 Å². The summed E-state index contributed by atoms with van der Waals surface area (Å²) in [5, 5.41) is 0. The van der Waals surface area contributed by atoms with E-state index in [1.807, 2.05) is 30.3 Å². The largest absolute Gasteiger partial charge is 0.333 e. The quantitative estimate of drug-likeness (QED) is 0.817. The average Bonchev–Trinajstić information content (AvgIpc) is 2.29. The van der Waals surface area contributed by atoms with Crippen molar-refractivity contribution in [2.24, 2.45) is 5.73 Å². The normalized spacial score (nSPS) is 11.2. The zero-order valence-electron chi connectivity index (χ0n) is 10.0. The first-order valence-electron chi connectivity index (χ1n) is 5.34. The second-order valence-electron chi connectivity index (χ2n) is 3.78. The van der Waals surface area contributed by atoms with Crippen LogP contribution in [-0.2, 0) is 11.3 Å². The number of carbonyl (C=O) groups excluding carboxylic acids is 1. The summed E-state index contributed by atoms with van der Waals surface area (Å²) in [4.78, 5) is 13.5. The van der Waals surface area contributed by atoms with Crippen LogP contribution in [0.5, 0.6) is 0 Å². The lowest BCUT2D eigenvalue weighted by Crippen LogP contribution is -2.41. The molecule has 1 amide bonds. The van der Waals surface area contributed by atoms with E-state index < -0.39 is 6.04 Å². The third-order valence-corrected chi connectivity index (χ3v) is 2.27. The molecule has 0 aliphatic rings. The Kier molecular flexibility index (Phi) is 7.26. The van der Waals surface area contributed by atoms with Crippen LogP contribution in [0, 0.1) is 0 Å². The molecule has 0 aliphatic heterocycles. The van der Waals surface area contributed by atoms with Gasteiger partial charge in [0.05, 0.1) is 6.04 Å². The lowest BCUT2D eigenvalue weighted by molar-refractivity contribution is -0.132. The van der Waals surface area contributed by atoms with Crippen molar-refractivity contribution in [2.75, 3.05) is 6.54 Å². The van der Waals surface area contributed by atoms with Gasteiger partial charge in [-0.25, -0.2) is 0 Å². The summed E-state index contributed by atoms with van der Waals surface area (Å²) in [6.45, 7) is 6.45. The first-order chi connectivity index (χ1) is 7.65. The molecule has 0 saturated heterocycles. The Morgan fingerprint density at radius 1 is 1.47 bits per heavy atom. The van der Waals surface area contributed by atoms with Crippen LogP contribution < -0.4 is 5.73 Å². The van der Waals surface area contributed by atoms with Gasteiger partial charge in [0, 0.05) is 13.1 Å². The van der Waals surface area contributed by atoms with E-state index in [-0.39, 0.29) is 18.3 Å². The molecule has 1 aromatic carbocycles. The van der Waals surface area contributed by atoms with Gasteiger partial charge in [-0.15, -0.1) is 19.0 Å². The molecule has 1 atom stereocenters.